The van der Waals surface area contributed by atoms with Crippen LogP contribution in [-0.4, -0.2) is 165 Å². The second-order valence-electron chi connectivity index (χ2n) is 11.0. The first-order valence-electron chi connectivity index (χ1n) is 15.9. The van der Waals surface area contributed by atoms with Crippen LogP contribution in [-0.2, 0) is 56.5 Å². The van der Waals surface area contributed by atoms with E-state index in [-0.39, 0.29) is 5.04 Å². The Morgan fingerprint density at radius 1 is 0.341 bits per heavy atom. The average Bonchev–Trinajstić information content (AvgIpc) is 2.98. The Bertz CT molecular complexity index is 573. The molecule has 0 bridgehead atoms. The SMILES string of the molecule is CC(C)(C)[Si](C)(C)OCCOCCOCCOCCOCCOCCOCCOCCOCCOCCOCCOCCI. The minimum absolute atomic E-state index is 0.219. The van der Waals surface area contributed by atoms with Crippen molar-refractivity contribution < 1.29 is 56.5 Å². The lowest BCUT2D eigenvalue weighted by atomic mass is 10.2. The summed E-state index contributed by atoms with van der Waals surface area (Å²) in [5, 5.41) is 0.219. The zero-order valence-electron chi connectivity index (χ0n) is 28.2. The van der Waals surface area contributed by atoms with Crippen LogP contribution >= 0.6 is 22.6 Å². The Kier molecular flexibility index (Phi) is 33.7. The summed E-state index contributed by atoms with van der Waals surface area (Å²) in [5.41, 5.74) is 0. The zero-order valence-corrected chi connectivity index (χ0v) is 31.4. The predicted molar refractivity (Wildman–Crippen MR) is 181 cm³/mol. The highest BCUT2D eigenvalue weighted by atomic mass is 127. The summed E-state index contributed by atoms with van der Waals surface area (Å²) in [6, 6.07) is 0. The number of ether oxygens (including phenoxy) is 11. The van der Waals surface area contributed by atoms with Crippen molar-refractivity contribution in [1.82, 2.24) is 0 Å². The maximum Gasteiger partial charge on any atom is 0.192 e. The van der Waals surface area contributed by atoms with Crippen LogP contribution in [0.5, 0.6) is 0 Å². The molecule has 0 unspecified atom stereocenters. The molecule has 0 saturated carbocycles. The van der Waals surface area contributed by atoms with Crippen molar-refractivity contribution in [2.75, 3.05) is 156 Å². The van der Waals surface area contributed by atoms with E-state index in [2.05, 4.69) is 56.5 Å². The topological polar surface area (TPSA) is 111 Å². The van der Waals surface area contributed by atoms with Crippen molar-refractivity contribution >= 4 is 30.9 Å². The van der Waals surface area contributed by atoms with Gasteiger partial charge in [0, 0.05) is 4.43 Å². The van der Waals surface area contributed by atoms with E-state index in [4.69, 9.17) is 56.5 Å². The molecule has 0 fully saturated rings. The molecule has 44 heavy (non-hydrogen) atoms. The average molecular weight is 771 g/mol. The standard InChI is InChI=1S/C30H63IO12Si/c1-30(2,3)44(4,5)43-29-28-42-27-26-41-25-24-40-23-22-39-21-20-38-19-18-37-17-16-36-15-14-35-13-12-34-11-10-33-9-8-32-7-6-31/h6-29H2,1-5H3. The molecule has 0 saturated heterocycles. The zero-order chi connectivity index (χ0) is 32.5. The van der Waals surface area contributed by atoms with E-state index in [9.17, 15) is 0 Å². The third-order valence-corrected chi connectivity index (χ3v) is 11.4. The molecule has 266 valence electrons. The molecule has 0 atom stereocenters. The molecule has 0 heterocycles. The summed E-state index contributed by atoms with van der Waals surface area (Å²) in [6.07, 6.45) is 0. The Hall–Kier alpha value is 0.467. The lowest BCUT2D eigenvalue weighted by Crippen LogP contribution is -2.41. The highest BCUT2D eigenvalue weighted by Crippen LogP contribution is 2.36. The van der Waals surface area contributed by atoms with Gasteiger partial charge in [-0.2, -0.15) is 0 Å². The number of hydrogen-bond donors (Lipinski definition) is 0. The Morgan fingerprint density at radius 3 is 0.705 bits per heavy atom. The largest absolute Gasteiger partial charge is 0.414 e. The molecule has 0 N–H and O–H groups in total. The third kappa shape index (κ3) is 32.4. The number of hydrogen-bond acceptors (Lipinski definition) is 12. The van der Waals surface area contributed by atoms with E-state index in [1.807, 2.05) is 0 Å². The van der Waals surface area contributed by atoms with Gasteiger partial charge in [-0.15, -0.1) is 0 Å². The first kappa shape index (κ1) is 44.5. The molecule has 0 aromatic heterocycles. The molecule has 0 amide bonds. The van der Waals surface area contributed by atoms with Gasteiger partial charge in [0.15, 0.2) is 8.32 Å². The minimum Gasteiger partial charge on any atom is -0.414 e. The van der Waals surface area contributed by atoms with Gasteiger partial charge < -0.3 is 56.5 Å². The lowest BCUT2D eigenvalue weighted by molar-refractivity contribution is -0.0276. The summed E-state index contributed by atoms with van der Waals surface area (Å²) < 4.78 is 67.2. The molecule has 0 rings (SSSR count). The van der Waals surface area contributed by atoms with E-state index < -0.39 is 8.32 Å². The van der Waals surface area contributed by atoms with Crippen LogP contribution in [0, 0.1) is 0 Å². The Morgan fingerprint density at radius 2 is 0.523 bits per heavy atom. The van der Waals surface area contributed by atoms with Gasteiger partial charge in [-0.05, 0) is 18.1 Å². The van der Waals surface area contributed by atoms with Crippen molar-refractivity contribution in [3.05, 3.63) is 0 Å². The number of rotatable bonds is 36. The van der Waals surface area contributed by atoms with Crippen molar-refractivity contribution in [3.8, 4) is 0 Å². The van der Waals surface area contributed by atoms with Gasteiger partial charge in [0.05, 0.1) is 152 Å². The molecule has 0 spiro atoms. The van der Waals surface area contributed by atoms with E-state index >= 15 is 0 Å². The molecule has 0 aliphatic carbocycles. The number of halogens is 1. The van der Waals surface area contributed by atoms with Gasteiger partial charge in [0.1, 0.15) is 0 Å². The van der Waals surface area contributed by atoms with Gasteiger partial charge >= 0.3 is 0 Å². The molecule has 0 aromatic carbocycles. The Balaban J connectivity index is 3.12. The normalized spacial score (nSPS) is 12.4. The van der Waals surface area contributed by atoms with Crippen LogP contribution in [0.25, 0.3) is 0 Å². The van der Waals surface area contributed by atoms with Gasteiger partial charge in [0.25, 0.3) is 0 Å². The van der Waals surface area contributed by atoms with E-state index in [1.54, 1.807) is 0 Å². The molecule has 0 radical (unpaired) electrons. The van der Waals surface area contributed by atoms with Crippen LogP contribution in [0.4, 0.5) is 0 Å². The predicted octanol–water partition coefficient (Wildman–Crippen LogP) is 3.63. The lowest BCUT2D eigenvalue weighted by Gasteiger charge is -2.36. The molecule has 14 heteroatoms. The van der Waals surface area contributed by atoms with Crippen molar-refractivity contribution in [1.29, 1.82) is 0 Å². The smallest absolute Gasteiger partial charge is 0.192 e. The number of alkyl halides is 1. The second kappa shape index (κ2) is 33.4. The van der Waals surface area contributed by atoms with Crippen molar-refractivity contribution in [3.63, 3.8) is 0 Å². The summed E-state index contributed by atoms with van der Waals surface area (Å²) in [5.74, 6) is 0. The maximum atomic E-state index is 6.08. The Labute approximate surface area is 281 Å². The highest BCUT2D eigenvalue weighted by molar-refractivity contribution is 14.1. The first-order chi connectivity index (χ1) is 21.3. The summed E-state index contributed by atoms with van der Waals surface area (Å²) in [4.78, 5) is 0. The van der Waals surface area contributed by atoms with Crippen LogP contribution in [0.2, 0.25) is 18.1 Å². The molecule has 0 aromatic rings. The monoisotopic (exact) mass is 770 g/mol. The molecule has 0 aliphatic heterocycles. The van der Waals surface area contributed by atoms with Crippen LogP contribution in [0.15, 0.2) is 0 Å². The quantitative estimate of drug-likeness (QED) is 0.0402. The molecule has 12 nitrogen and oxygen atoms in total. The van der Waals surface area contributed by atoms with Crippen LogP contribution in [0.3, 0.4) is 0 Å². The third-order valence-electron chi connectivity index (χ3n) is 6.44. The van der Waals surface area contributed by atoms with Crippen LogP contribution < -0.4 is 0 Å². The van der Waals surface area contributed by atoms with Gasteiger partial charge in [-0.3, -0.25) is 0 Å². The summed E-state index contributed by atoms with van der Waals surface area (Å²) >= 11 is 2.28. The second-order valence-corrected chi connectivity index (χ2v) is 16.9. The van der Waals surface area contributed by atoms with Gasteiger partial charge in [0.2, 0.25) is 0 Å². The summed E-state index contributed by atoms with van der Waals surface area (Å²) in [7, 11) is -1.69. The van der Waals surface area contributed by atoms with E-state index in [0.717, 1.165) is 11.0 Å². The van der Waals surface area contributed by atoms with Gasteiger partial charge in [-0.1, -0.05) is 43.4 Å². The molecular formula is C30H63IO12Si. The summed E-state index contributed by atoms with van der Waals surface area (Å²) in [6.45, 7) is 24.0. The fraction of sp³-hybridized carbons (Fsp3) is 1.00. The van der Waals surface area contributed by atoms with E-state index in [0.29, 0.717) is 145 Å². The fourth-order valence-corrected chi connectivity index (χ4v) is 4.27. The molecular weight excluding hydrogens is 707 g/mol. The van der Waals surface area contributed by atoms with E-state index in [1.165, 1.54) is 0 Å². The van der Waals surface area contributed by atoms with Crippen LogP contribution in [0.1, 0.15) is 20.8 Å². The highest BCUT2D eigenvalue weighted by Gasteiger charge is 2.36. The maximum absolute atomic E-state index is 6.08. The van der Waals surface area contributed by atoms with Gasteiger partial charge in [-0.25, -0.2) is 0 Å². The molecule has 0 aliphatic rings. The minimum atomic E-state index is -1.69. The van der Waals surface area contributed by atoms with Crippen molar-refractivity contribution in [2.45, 2.75) is 38.9 Å². The first-order valence-corrected chi connectivity index (χ1v) is 20.3. The van der Waals surface area contributed by atoms with Crippen molar-refractivity contribution in [2.24, 2.45) is 0 Å². The fourth-order valence-electron chi connectivity index (χ4n) is 2.93.